The molecule has 1 aromatic carbocycles. The molecule has 1 saturated heterocycles. The summed E-state index contributed by atoms with van der Waals surface area (Å²) in [5, 5.41) is 0. The van der Waals surface area contributed by atoms with E-state index in [1.165, 1.54) is 7.11 Å². The number of sulfone groups is 1. The first-order valence-corrected chi connectivity index (χ1v) is 8.10. The van der Waals surface area contributed by atoms with Gasteiger partial charge in [-0.3, -0.25) is 0 Å². The van der Waals surface area contributed by atoms with Crippen molar-refractivity contribution in [3.8, 4) is 0 Å². The lowest BCUT2D eigenvalue weighted by Crippen LogP contribution is -2.40. The predicted octanol–water partition coefficient (Wildman–Crippen LogP) is 0.599. The minimum Gasteiger partial charge on any atom is -0.465 e. The molecule has 2 N–H and O–H groups in total. The van der Waals surface area contributed by atoms with Crippen LogP contribution >= 0.6 is 0 Å². The SMILES string of the molecule is COC(=O)c1cc(N2CCS(=O)(=O)CC2)cc(C)c1N. The van der Waals surface area contributed by atoms with Crippen LogP contribution in [-0.4, -0.2) is 46.1 Å². The van der Waals surface area contributed by atoms with Crippen molar-refractivity contribution < 1.29 is 17.9 Å². The van der Waals surface area contributed by atoms with Crippen LogP contribution in [0.1, 0.15) is 15.9 Å². The van der Waals surface area contributed by atoms with Gasteiger partial charge in [0.05, 0.1) is 24.2 Å². The highest BCUT2D eigenvalue weighted by Crippen LogP contribution is 2.27. The Labute approximate surface area is 118 Å². The molecule has 1 fully saturated rings. The van der Waals surface area contributed by atoms with E-state index in [1.54, 1.807) is 6.07 Å². The molecule has 1 aromatic rings. The molecule has 0 bridgehead atoms. The van der Waals surface area contributed by atoms with Gasteiger partial charge in [-0.05, 0) is 24.6 Å². The fourth-order valence-electron chi connectivity index (χ4n) is 2.21. The summed E-state index contributed by atoms with van der Waals surface area (Å²) in [6, 6.07) is 3.52. The lowest BCUT2D eigenvalue weighted by Gasteiger charge is -2.29. The molecule has 7 heteroatoms. The van der Waals surface area contributed by atoms with Gasteiger partial charge in [0.15, 0.2) is 9.84 Å². The van der Waals surface area contributed by atoms with E-state index in [4.69, 9.17) is 10.5 Å². The van der Waals surface area contributed by atoms with Crippen molar-refractivity contribution in [2.45, 2.75) is 6.92 Å². The number of anilines is 2. The van der Waals surface area contributed by atoms with Gasteiger partial charge in [-0.2, -0.15) is 0 Å². The Kier molecular flexibility index (Phi) is 3.89. The van der Waals surface area contributed by atoms with E-state index in [0.717, 1.165) is 11.3 Å². The Morgan fingerprint density at radius 2 is 1.90 bits per heavy atom. The van der Waals surface area contributed by atoms with E-state index in [9.17, 15) is 13.2 Å². The van der Waals surface area contributed by atoms with Crippen molar-refractivity contribution in [3.63, 3.8) is 0 Å². The van der Waals surface area contributed by atoms with Gasteiger partial charge in [0, 0.05) is 24.5 Å². The number of benzene rings is 1. The third-order valence-electron chi connectivity index (χ3n) is 3.49. The molecule has 0 unspecified atom stereocenters. The maximum Gasteiger partial charge on any atom is 0.340 e. The van der Waals surface area contributed by atoms with E-state index < -0.39 is 15.8 Å². The average Bonchev–Trinajstić information content (AvgIpc) is 2.41. The molecular formula is C13H18N2O4S. The van der Waals surface area contributed by atoms with E-state index >= 15 is 0 Å². The first-order chi connectivity index (χ1) is 9.34. The average molecular weight is 298 g/mol. The van der Waals surface area contributed by atoms with Crippen molar-refractivity contribution in [2.24, 2.45) is 0 Å². The van der Waals surface area contributed by atoms with Gasteiger partial charge in [-0.1, -0.05) is 0 Å². The molecule has 1 aliphatic rings. The smallest absolute Gasteiger partial charge is 0.340 e. The zero-order valence-corrected chi connectivity index (χ0v) is 12.4. The molecule has 0 saturated carbocycles. The van der Waals surface area contributed by atoms with Crippen molar-refractivity contribution in [2.75, 3.05) is 42.3 Å². The quantitative estimate of drug-likeness (QED) is 0.635. The van der Waals surface area contributed by atoms with Gasteiger partial charge in [-0.15, -0.1) is 0 Å². The topological polar surface area (TPSA) is 89.7 Å². The molecule has 6 nitrogen and oxygen atoms in total. The second kappa shape index (κ2) is 5.32. The summed E-state index contributed by atoms with van der Waals surface area (Å²) < 4.78 is 27.6. The van der Waals surface area contributed by atoms with Crippen molar-refractivity contribution in [3.05, 3.63) is 23.3 Å². The van der Waals surface area contributed by atoms with E-state index in [-0.39, 0.29) is 11.5 Å². The highest BCUT2D eigenvalue weighted by Gasteiger charge is 2.23. The van der Waals surface area contributed by atoms with Gasteiger partial charge < -0.3 is 15.4 Å². The van der Waals surface area contributed by atoms with Crippen molar-refractivity contribution >= 4 is 27.2 Å². The Balaban J connectivity index is 2.34. The van der Waals surface area contributed by atoms with Crippen LogP contribution in [0, 0.1) is 6.92 Å². The first-order valence-electron chi connectivity index (χ1n) is 6.28. The summed E-state index contributed by atoms with van der Waals surface area (Å²) in [6.07, 6.45) is 0. The Bertz CT molecular complexity index is 626. The minimum atomic E-state index is -2.93. The molecule has 1 heterocycles. The van der Waals surface area contributed by atoms with E-state index in [0.29, 0.717) is 24.3 Å². The summed E-state index contributed by atoms with van der Waals surface area (Å²) in [4.78, 5) is 13.7. The minimum absolute atomic E-state index is 0.129. The molecule has 110 valence electrons. The predicted molar refractivity (Wildman–Crippen MR) is 77.8 cm³/mol. The summed E-state index contributed by atoms with van der Waals surface area (Å²) in [5.74, 6) is -0.231. The van der Waals surface area contributed by atoms with Gasteiger partial charge in [0.2, 0.25) is 0 Å². The Morgan fingerprint density at radius 3 is 2.45 bits per heavy atom. The van der Waals surface area contributed by atoms with Crippen LogP contribution in [-0.2, 0) is 14.6 Å². The fraction of sp³-hybridized carbons (Fsp3) is 0.462. The van der Waals surface area contributed by atoms with Gasteiger partial charge >= 0.3 is 5.97 Å². The van der Waals surface area contributed by atoms with E-state index in [1.807, 2.05) is 17.9 Å². The second-order valence-electron chi connectivity index (χ2n) is 4.85. The molecule has 0 aromatic heterocycles. The molecule has 0 atom stereocenters. The number of carbonyl (C=O) groups is 1. The third kappa shape index (κ3) is 2.87. The number of carbonyl (C=O) groups excluding carboxylic acids is 1. The van der Waals surface area contributed by atoms with Crippen molar-refractivity contribution in [1.82, 2.24) is 0 Å². The van der Waals surface area contributed by atoms with Gasteiger partial charge in [-0.25, -0.2) is 13.2 Å². The number of nitrogens with zero attached hydrogens (tertiary/aromatic N) is 1. The molecule has 0 amide bonds. The number of rotatable bonds is 2. The number of esters is 1. The van der Waals surface area contributed by atoms with Crippen LogP contribution in [0.2, 0.25) is 0 Å². The highest BCUT2D eigenvalue weighted by atomic mass is 32.2. The highest BCUT2D eigenvalue weighted by molar-refractivity contribution is 7.91. The standard InChI is InChI=1S/C13H18N2O4S/c1-9-7-10(8-11(12(9)14)13(16)19-2)15-3-5-20(17,18)6-4-15/h7-8H,3-6,14H2,1-2H3. The second-order valence-corrected chi connectivity index (χ2v) is 7.16. The van der Waals surface area contributed by atoms with Crippen LogP contribution in [0.25, 0.3) is 0 Å². The zero-order chi connectivity index (χ0) is 14.9. The molecule has 1 aliphatic heterocycles. The first kappa shape index (κ1) is 14.6. The summed E-state index contributed by atoms with van der Waals surface area (Å²) in [7, 11) is -1.63. The number of nitrogen functional groups attached to an aromatic ring is 1. The lowest BCUT2D eigenvalue weighted by atomic mass is 10.1. The van der Waals surface area contributed by atoms with Crippen LogP contribution in [0.5, 0.6) is 0 Å². The van der Waals surface area contributed by atoms with E-state index in [2.05, 4.69) is 0 Å². The molecular weight excluding hydrogens is 280 g/mol. The maximum atomic E-state index is 11.7. The van der Waals surface area contributed by atoms with Crippen LogP contribution in [0.15, 0.2) is 12.1 Å². The number of methoxy groups -OCH3 is 1. The summed E-state index contributed by atoms with van der Waals surface area (Å²) >= 11 is 0. The molecule has 0 radical (unpaired) electrons. The monoisotopic (exact) mass is 298 g/mol. The Hall–Kier alpha value is -1.76. The summed E-state index contributed by atoms with van der Waals surface area (Å²) in [6.45, 7) is 2.66. The third-order valence-corrected chi connectivity index (χ3v) is 5.10. The molecule has 0 spiro atoms. The number of aryl methyl sites for hydroxylation is 1. The van der Waals surface area contributed by atoms with Crippen LogP contribution in [0.3, 0.4) is 0 Å². The zero-order valence-electron chi connectivity index (χ0n) is 11.5. The van der Waals surface area contributed by atoms with Crippen molar-refractivity contribution in [1.29, 1.82) is 0 Å². The largest absolute Gasteiger partial charge is 0.465 e. The van der Waals surface area contributed by atoms with Crippen LogP contribution < -0.4 is 10.6 Å². The lowest BCUT2D eigenvalue weighted by molar-refractivity contribution is 0.0602. The number of ether oxygens (including phenoxy) is 1. The summed E-state index contributed by atoms with van der Waals surface area (Å²) in [5.41, 5.74) is 8.17. The molecule has 2 rings (SSSR count). The normalized spacial score (nSPS) is 17.8. The number of hydrogen-bond acceptors (Lipinski definition) is 6. The fourth-order valence-corrected chi connectivity index (χ4v) is 3.41. The van der Waals surface area contributed by atoms with Crippen LogP contribution in [0.4, 0.5) is 11.4 Å². The van der Waals surface area contributed by atoms with Gasteiger partial charge in [0.1, 0.15) is 0 Å². The van der Waals surface area contributed by atoms with Gasteiger partial charge in [0.25, 0.3) is 0 Å². The molecule has 20 heavy (non-hydrogen) atoms. The number of nitrogens with two attached hydrogens (primary N) is 1. The maximum absolute atomic E-state index is 11.7. The Morgan fingerprint density at radius 1 is 1.30 bits per heavy atom. The number of hydrogen-bond donors (Lipinski definition) is 1. The molecule has 0 aliphatic carbocycles.